The van der Waals surface area contributed by atoms with Crippen LogP contribution >= 0.6 is 0 Å². The van der Waals surface area contributed by atoms with Crippen LogP contribution in [0.2, 0.25) is 0 Å². The average molecular weight is 273 g/mol. The summed E-state index contributed by atoms with van der Waals surface area (Å²) >= 11 is 0. The Balaban J connectivity index is 1.51. The normalized spacial score (nSPS) is 17.1. The van der Waals surface area contributed by atoms with E-state index < -0.39 is 0 Å². The Morgan fingerprint density at radius 2 is 2.15 bits per heavy atom. The molecule has 1 aromatic heterocycles. The fraction of sp³-hybridized carbons (Fsp3) is 0.400. The number of aryl methyl sites for hydroxylation is 1. The van der Waals surface area contributed by atoms with E-state index in [4.69, 9.17) is 9.47 Å². The molecule has 0 radical (unpaired) electrons. The number of rotatable bonds is 5. The van der Waals surface area contributed by atoms with Gasteiger partial charge in [0.1, 0.15) is 12.7 Å². The SMILES string of the molecule is CCn1nccc1CNCC1COc2ccccc2O1. The molecular formula is C15H19N3O2. The molecule has 1 N–H and O–H groups in total. The first-order valence-corrected chi connectivity index (χ1v) is 6.96. The Morgan fingerprint density at radius 3 is 3.00 bits per heavy atom. The van der Waals surface area contributed by atoms with Crippen molar-refractivity contribution in [2.75, 3.05) is 13.2 Å². The number of nitrogens with zero attached hydrogens (tertiary/aromatic N) is 2. The number of hydrogen-bond acceptors (Lipinski definition) is 4. The third kappa shape index (κ3) is 2.77. The van der Waals surface area contributed by atoms with Crippen LogP contribution in [0.5, 0.6) is 11.5 Å². The van der Waals surface area contributed by atoms with E-state index in [1.807, 2.05) is 41.2 Å². The molecule has 1 aliphatic heterocycles. The zero-order valence-corrected chi connectivity index (χ0v) is 11.6. The highest BCUT2D eigenvalue weighted by Crippen LogP contribution is 2.30. The Bertz CT molecular complexity index is 568. The van der Waals surface area contributed by atoms with Crippen molar-refractivity contribution in [2.24, 2.45) is 0 Å². The molecule has 0 fully saturated rings. The minimum atomic E-state index is 0.0443. The standard InChI is InChI=1S/C15H19N3O2/c1-2-18-12(7-8-17-18)9-16-10-13-11-19-14-5-3-4-6-15(14)20-13/h3-8,13,16H,2,9-11H2,1H3. The Morgan fingerprint density at radius 1 is 1.30 bits per heavy atom. The molecule has 3 rings (SSSR count). The summed E-state index contributed by atoms with van der Waals surface area (Å²) in [5.74, 6) is 1.65. The first kappa shape index (κ1) is 13.0. The average Bonchev–Trinajstić information content (AvgIpc) is 2.95. The van der Waals surface area contributed by atoms with Crippen molar-refractivity contribution in [2.45, 2.75) is 26.1 Å². The lowest BCUT2D eigenvalue weighted by Gasteiger charge is -2.26. The predicted molar refractivity (Wildman–Crippen MR) is 76.0 cm³/mol. The van der Waals surface area contributed by atoms with Gasteiger partial charge in [-0.1, -0.05) is 12.1 Å². The first-order valence-electron chi connectivity index (χ1n) is 6.96. The van der Waals surface area contributed by atoms with Crippen LogP contribution in [-0.4, -0.2) is 29.0 Å². The van der Waals surface area contributed by atoms with E-state index in [1.165, 1.54) is 5.69 Å². The van der Waals surface area contributed by atoms with Gasteiger partial charge in [-0.3, -0.25) is 4.68 Å². The Hall–Kier alpha value is -2.01. The van der Waals surface area contributed by atoms with Gasteiger partial charge in [0.2, 0.25) is 0 Å². The van der Waals surface area contributed by atoms with E-state index in [9.17, 15) is 0 Å². The Labute approximate surface area is 118 Å². The van der Waals surface area contributed by atoms with Crippen LogP contribution in [0.25, 0.3) is 0 Å². The number of ether oxygens (including phenoxy) is 2. The van der Waals surface area contributed by atoms with Gasteiger partial charge in [-0.25, -0.2) is 0 Å². The summed E-state index contributed by atoms with van der Waals surface area (Å²) in [6.45, 7) is 5.10. The number of hydrogen-bond donors (Lipinski definition) is 1. The van der Waals surface area contributed by atoms with Gasteiger partial charge in [0.05, 0.1) is 5.69 Å². The van der Waals surface area contributed by atoms with E-state index in [0.29, 0.717) is 6.61 Å². The van der Waals surface area contributed by atoms with Crippen LogP contribution in [0.4, 0.5) is 0 Å². The van der Waals surface area contributed by atoms with Crippen molar-refractivity contribution >= 4 is 0 Å². The molecule has 1 aromatic carbocycles. The fourth-order valence-electron chi connectivity index (χ4n) is 2.32. The van der Waals surface area contributed by atoms with Gasteiger partial charge in [0.25, 0.3) is 0 Å². The molecule has 1 unspecified atom stereocenters. The Kier molecular flexibility index (Phi) is 3.87. The van der Waals surface area contributed by atoms with Crippen LogP contribution in [0.3, 0.4) is 0 Å². The first-order chi connectivity index (χ1) is 9.86. The summed E-state index contributed by atoms with van der Waals surface area (Å²) in [6, 6.07) is 9.81. The van der Waals surface area contributed by atoms with Crippen LogP contribution in [0, 0.1) is 0 Å². The van der Waals surface area contributed by atoms with Crippen molar-refractivity contribution in [1.82, 2.24) is 15.1 Å². The fourth-order valence-corrected chi connectivity index (χ4v) is 2.32. The van der Waals surface area contributed by atoms with E-state index >= 15 is 0 Å². The molecular weight excluding hydrogens is 254 g/mol. The molecule has 0 spiro atoms. The van der Waals surface area contributed by atoms with Crippen molar-refractivity contribution in [3.8, 4) is 11.5 Å². The summed E-state index contributed by atoms with van der Waals surface area (Å²) in [6.07, 6.45) is 1.87. The summed E-state index contributed by atoms with van der Waals surface area (Å²) < 4.78 is 13.6. The van der Waals surface area contributed by atoms with E-state index in [2.05, 4.69) is 17.3 Å². The number of para-hydroxylation sites is 2. The van der Waals surface area contributed by atoms with Crippen LogP contribution in [0.15, 0.2) is 36.5 Å². The molecule has 2 aromatic rings. The zero-order valence-electron chi connectivity index (χ0n) is 11.6. The molecule has 2 heterocycles. The molecule has 0 saturated heterocycles. The number of benzene rings is 1. The quantitative estimate of drug-likeness (QED) is 0.903. The minimum absolute atomic E-state index is 0.0443. The zero-order chi connectivity index (χ0) is 13.8. The monoisotopic (exact) mass is 273 g/mol. The van der Waals surface area contributed by atoms with Gasteiger partial charge in [0.15, 0.2) is 11.5 Å². The maximum atomic E-state index is 5.90. The second-order valence-electron chi connectivity index (χ2n) is 4.77. The van der Waals surface area contributed by atoms with Crippen LogP contribution < -0.4 is 14.8 Å². The number of aromatic nitrogens is 2. The molecule has 0 saturated carbocycles. The van der Waals surface area contributed by atoms with E-state index in [0.717, 1.165) is 31.1 Å². The second-order valence-corrected chi connectivity index (χ2v) is 4.77. The lowest BCUT2D eigenvalue weighted by Crippen LogP contribution is -2.38. The topological polar surface area (TPSA) is 48.3 Å². The summed E-state index contributed by atoms with van der Waals surface area (Å²) in [4.78, 5) is 0. The maximum Gasteiger partial charge on any atom is 0.161 e. The van der Waals surface area contributed by atoms with Crippen LogP contribution in [0.1, 0.15) is 12.6 Å². The molecule has 1 aliphatic rings. The molecule has 5 heteroatoms. The van der Waals surface area contributed by atoms with Gasteiger partial charge in [-0.2, -0.15) is 5.10 Å². The molecule has 0 aliphatic carbocycles. The third-order valence-electron chi connectivity index (χ3n) is 3.35. The number of fused-ring (bicyclic) bond motifs is 1. The van der Waals surface area contributed by atoms with Crippen molar-refractivity contribution in [1.29, 1.82) is 0 Å². The van der Waals surface area contributed by atoms with E-state index in [1.54, 1.807) is 0 Å². The maximum absolute atomic E-state index is 5.90. The van der Waals surface area contributed by atoms with Crippen molar-refractivity contribution < 1.29 is 9.47 Å². The summed E-state index contributed by atoms with van der Waals surface area (Å²) in [5, 5.41) is 7.65. The van der Waals surface area contributed by atoms with Gasteiger partial charge < -0.3 is 14.8 Å². The van der Waals surface area contributed by atoms with Gasteiger partial charge >= 0.3 is 0 Å². The molecule has 0 amide bonds. The predicted octanol–water partition coefficient (Wildman–Crippen LogP) is 1.83. The molecule has 0 bridgehead atoms. The summed E-state index contributed by atoms with van der Waals surface area (Å²) in [7, 11) is 0. The number of nitrogens with one attached hydrogen (secondary N) is 1. The molecule has 106 valence electrons. The second kappa shape index (κ2) is 5.96. The molecule has 20 heavy (non-hydrogen) atoms. The smallest absolute Gasteiger partial charge is 0.161 e. The van der Waals surface area contributed by atoms with Gasteiger partial charge in [0, 0.05) is 25.8 Å². The lowest BCUT2D eigenvalue weighted by atomic mass is 10.2. The van der Waals surface area contributed by atoms with Crippen molar-refractivity contribution in [3.05, 3.63) is 42.2 Å². The van der Waals surface area contributed by atoms with Gasteiger partial charge in [-0.15, -0.1) is 0 Å². The van der Waals surface area contributed by atoms with E-state index in [-0.39, 0.29) is 6.10 Å². The molecule has 5 nitrogen and oxygen atoms in total. The highest BCUT2D eigenvalue weighted by molar-refractivity contribution is 5.40. The van der Waals surface area contributed by atoms with Crippen LogP contribution in [-0.2, 0) is 13.1 Å². The summed E-state index contributed by atoms with van der Waals surface area (Å²) in [5.41, 5.74) is 1.18. The van der Waals surface area contributed by atoms with Gasteiger partial charge in [-0.05, 0) is 25.1 Å². The minimum Gasteiger partial charge on any atom is -0.486 e. The highest BCUT2D eigenvalue weighted by atomic mass is 16.6. The molecule has 1 atom stereocenters. The lowest BCUT2D eigenvalue weighted by molar-refractivity contribution is 0.0901. The third-order valence-corrected chi connectivity index (χ3v) is 3.35. The van der Waals surface area contributed by atoms with Crippen molar-refractivity contribution in [3.63, 3.8) is 0 Å². The largest absolute Gasteiger partial charge is 0.486 e. The highest BCUT2D eigenvalue weighted by Gasteiger charge is 2.20.